The highest BCUT2D eigenvalue weighted by Crippen LogP contribution is 2.28. The van der Waals surface area contributed by atoms with Gasteiger partial charge in [-0.15, -0.1) is 0 Å². The van der Waals surface area contributed by atoms with Gasteiger partial charge in [-0.2, -0.15) is 0 Å². The maximum Gasteiger partial charge on any atom is 0.328 e. The first kappa shape index (κ1) is 15.2. The molecule has 1 atom stereocenters. The van der Waals surface area contributed by atoms with Gasteiger partial charge >= 0.3 is 6.03 Å². The minimum atomic E-state index is -2.17. The summed E-state index contributed by atoms with van der Waals surface area (Å²) in [6, 6.07) is 4.12. The van der Waals surface area contributed by atoms with Gasteiger partial charge < -0.3 is 10.6 Å². The van der Waals surface area contributed by atoms with Crippen molar-refractivity contribution in [3.8, 4) is 0 Å². The van der Waals surface area contributed by atoms with Gasteiger partial charge in [-0.1, -0.05) is 17.7 Å². The lowest BCUT2D eigenvalue weighted by molar-refractivity contribution is -0.119. The first-order valence-corrected chi connectivity index (χ1v) is 6.65. The van der Waals surface area contributed by atoms with Crippen LogP contribution in [0.25, 0.3) is 0 Å². The summed E-state index contributed by atoms with van der Waals surface area (Å²) in [6.45, 7) is 1.90. The van der Waals surface area contributed by atoms with Crippen molar-refractivity contribution in [1.29, 1.82) is 0 Å². The lowest BCUT2D eigenvalue weighted by Gasteiger charge is -2.27. The van der Waals surface area contributed by atoms with E-state index in [1.54, 1.807) is 19.1 Å². The molecule has 0 aliphatic carbocycles. The van der Waals surface area contributed by atoms with E-state index in [2.05, 4.69) is 10.6 Å². The second-order valence-electron chi connectivity index (χ2n) is 4.45. The average Bonchev–Trinajstić information content (AvgIpc) is 2.42. The molecule has 8 heteroatoms. The van der Waals surface area contributed by atoms with Crippen LogP contribution in [0.15, 0.2) is 18.2 Å². The first-order chi connectivity index (χ1) is 9.91. The fourth-order valence-electron chi connectivity index (χ4n) is 2.01. The lowest BCUT2D eigenvalue weighted by atomic mass is 10.1. The minimum Gasteiger partial charge on any atom is -0.337 e. The summed E-state index contributed by atoms with van der Waals surface area (Å²) in [6.07, 6.45) is 0.190. The van der Waals surface area contributed by atoms with Crippen LogP contribution >= 0.6 is 11.6 Å². The molecule has 112 valence electrons. The van der Waals surface area contributed by atoms with E-state index in [1.165, 1.54) is 6.07 Å². The van der Waals surface area contributed by atoms with Crippen LogP contribution in [-0.4, -0.2) is 30.0 Å². The molecule has 0 bridgehead atoms. The fraction of sp³-hybridized carbons (Fsp3) is 0.308. The quantitative estimate of drug-likeness (QED) is 0.837. The second kappa shape index (κ2) is 6.09. The number of nitrogens with one attached hydrogen (secondary N) is 2. The van der Waals surface area contributed by atoms with Crippen molar-refractivity contribution in [2.45, 2.75) is 19.0 Å². The van der Waals surface area contributed by atoms with Crippen LogP contribution in [0.1, 0.15) is 12.0 Å². The Morgan fingerprint density at radius 1 is 1.48 bits per heavy atom. The molecule has 1 aromatic carbocycles. The van der Waals surface area contributed by atoms with Gasteiger partial charge in [0, 0.05) is 18.7 Å². The van der Waals surface area contributed by atoms with Crippen molar-refractivity contribution in [2.24, 2.45) is 0 Å². The normalized spacial score (nSPS) is 16.4. The molecule has 6 nitrogen and oxygen atoms in total. The van der Waals surface area contributed by atoms with Crippen LogP contribution < -0.4 is 15.5 Å². The molecule has 0 spiro atoms. The molecular weight excluding hydrogens is 301 g/mol. The molecule has 0 aromatic heterocycles. The summed E-state index contributed by atoms with van der Waals surface area (Å²) >= 11 is 5.06. The summed E-state index contributed by atoms with van der Waals surface area (Å²) in [5.41, 5.74) is -1.09. The first-order valence-electron chi connectivity index (χ1n) is 6.21. The molecule has 1 saturated heterocycles. The fourth-order valence-corrected chi connectivity index (χ4v) is 2.07. The molecule has 1 aromatic rings. The molecule has 1 fully saturated rings. The molecule has 0 saturated carbocycles. The van der Waals surface area contributed by atoms with E-state index in [1.807, 2.05) is 0 Å². The number of hydrogen-bond acceptors (Lipinski definition) is 3. The number of nitrogens with zero attached hydrogens (tertiary/aromatic N) is 1. The number of anilines is 2. The number of halogens is 2. The predicted octanol–water partition coefficient (Wildman–Crippen LogP) is 1.91. The molecule has 1 aliphatic rings. The van der Waals surface area contributed by atoms with Crippen molar-refractivity contribution in [2.75, 3.05) is 16.8 Å². The molecule has 0 radical (unpaired) electrons. The number of rotatable bonds is 3. The lowest BCUT2D eigenvalue weighted by Crippen LogP contribution is -2.50. The van der Waals surface area contributed by atoms with Gasteiger partial charge in [0.2, 0.25) is 5.91 Å². The van der Waals surface area contributed by atoms with Crippen molar-refractivity contribution in [3.05, 3.63) is 23.8 Å². The van der Waals surface area contributed by atoms with Gasteiger partial charge in [-0.05, 0) is 24.6 Å². The molecule has 1 unspecified atom stereocenters. The largest absolute Gasteiger partial charge is 0.337 e. The van der Waals surface area contributed by atoms with Gasteiger partial charge in [0.05, 0.1) is 5.69 Å². The van der Waals surface area contributed by atoms with E-state index in [0.717, 1.165) is 4.90 Å². The molecule has 1 heterocycles. The average molecular weight is 314 g/mol. The standard InChI is InChI=1S/C13H13ClFN3O3/c1-7-8(17-12(20)11(14)15)3-2-4-9(7)18-10(19)5-6-16-13(18)21/h2-4,11H,5-6H2,1H3,(H,16,21)(H,17,20). The third-order valence-corrected chi connectivity index (χ3v) is 3.27. The van der Waals surface area contributed by atoms with Crippen LogP contribution in [0, 0.1) is 6.92 Å². The van der Waals surface area contributed by atoms with Crippen LogP contribution in [-0.2, 0) is 9.59 Å². The maximum atomic E-state index is 12.7. The van der Waals surface area contributed by atoms with E-state index < -0.39 is 17.6 Å². The Bertz CT molecular complexity index is 590. The SMILES string of the molecule is Cc1c(NC(=O)C(F)Cl)cccc1N1C(=O)CCNC1=O. The van der Waals surface area contributed by atoms with Gasteiger partial charge in [0.15, 0.2) is 0 Å². The van der Waals surface area contributed by atoms with E-state index in [9.17, 15) is 18.8 Å². The van der Waals surface area contributed by atoms with E-state index in [-0.39, 0.29) is 18.0 Å². The second-order valence-corrected chi connectivity index (χ2v) is 4.83. The van der Waals surface area contributed by atoms with E-state index in [4.69, 9.17) is 11.6 Å². The molecule has 21 heavy (non-hydrogen) atoms. The van der Waals surface area contributed by atoms with Crippen LogP contribution in [0.5, 0.6) is 0 Å². The van der Waals surface area contributed by atoms with Crippen molar-refractivity contribution in [3.63, 3.8) is 0 Å². The highest BCUT2D eigenvalue weighted by molar-refractivity contribution is 6.31. The Morgan fingerprint density at radius 2 is 2.19 bits per heavy atom. The van der Waals surface area contributed by atoms with Gasteiger partial charge in [0.1, 0.15) is 0 Å². The Kier molecular flexibility index (Phi) is 4.42. The van der Waals surface area contributed by atoms with E-state index >= 15 is 0 Å². The number of carbonyl (C=O) groups excluding carboxylic acids is 3. The number of imide groups is 1. The Morgan fingerprint density at radius 3 is 2.81 bits per heavy atom. The number of alkyl halides is 2. The number of hydrogen-bond donors (Lipinski definition) is 2. The topological polar surface area (TPSA) is 78.5 Å². The van der Waals surface area contributed by atoms with E-state index in [0.29, 0.717) is 17.8 Å². The highest BCUT2D eigenvalue weighted by atomic mass is 35.5. The third kappa shape index (κ3) is 3.13. The van der Waals surface area contributed by atoms with Crippen molar-refractivity contribution < 1.29 is 18.8 Å². The molecule has 2 N–H and O–H groups in total. The van der Waals surface area contributed by atoms with Crippen LogP contribution in [0.4, 0.5) is 20.6 Å². The molecule has 1 aliphatic heterocycles. The van der Waals surface area contributed by atoms with Gasteiger partial charge in [0.25, 0.3) is 11.5 Å². The zero-order valence-electron chi connectivity index (χ0n) is 11.2. The number of benzene rings is 1. The zero-order chi connectivity index (χ0) is 15.6. The smallest absolute Gasteiger partial charge is 0.328 e. The molecule has 4 amide bonds. The van der Waals surface area contributed by atoms with Crippen LogP contribution in [0.2, 0.25) is 0 Å². The predicted molar refractivity (Wildman–Crippen MR) is 76.1 cm³/mol. The highest BCUT2D eigenvalue weighted by Gasteiger charge is 2.29. The summed E-state index contributed by atoms with van der Waals surface area (Å²) in [5, 5.41) is 4.87. The van der Waals surface area contributed by atoms with Crippen LogP contribution in [0.3, 0.4) is 0 Å². The summed E-state index contributed by atoms with van der Waals surface area (Å²) in [5.74, 6) is -1.35. The Labute approximate surface area is 125 Å². The third-order valence-electron chi connectivity index (χ3n) is 3.07. The molecular formula is C13H13ClFN3O3. The summed E-state index contributed by atoms with van der Waals surface area (Å²) in [7, 11) is 0. The summed E-state index contributed by atoms with van der Waals surface area (Å²) < 4.78 is 12.7. The van der Waals surface area contributed by atoms with Gasteiger partial charge in [-0.3, -0.25) is 9.59 Å². The monoisotopic (exact) mass is 313 g/mol. The van der Waals surface area contributed by atoms with Gasteiger partial charge in [-0.25, -0.2) is 14.1 Å². The Balaban J connectivity index is 2.35. The number of carbonyl (C=O) groups is 3. The van der Waals surface area contributed by atoms with Crippen molar-refractivity contribution >= 4 is 40.8 Å². The Hall–Kier alpha value is -2.15. The number of amides is 4. The summed E-state index contributed by atoms with van der Waals surface area (Å²) in [4.78, 5) is 36.0. The number of urea groups is 1. The van der Waals surface area contributed by atoms with Crippen molar-refractivity contribution in [1.82, 2.24) is 5.32 Å². The molecule has 2 rings (SSSR count). The minimum absolute atomic E-state index is 0.190. The maximum absolute atomic E-state index is 12.7. The zero-order valence-corrected chi connectivity index (χ0v) is 11.9.